The lowest BCUT2D eigenvalue weighted by atomic mass is 9.97. The van der Waals surface area contributed by atoms with Gasteiger partial charge in [-0.05, 0) is 29.9 Å². The van der Waals surface area contributed by atoms with E-state index in [1.807, 2.05) is 14.7 Å². The van der Waals surface area contributed by atoms with E-state index in [9.17, 15) is 9.59 Å². The average molecular weight is 357 g/mol. The third-order valence-corrected chi connectivity index (χ3v) is 5.86. The maximum atomic E-state index is 12.7. The van der Waals surface area contributed by atoms with Gasteiger partial charge in [0.25, 0.3) is 0 Å². The number of rotatable bonds is 2. The number of piperazine rings is 1. The molecule has 3 aliphatic rings. The number of aryl methyl sites for hydroxylation is 1. The summed E-state index contributed by atoms with van der Waals surface area (Å²) in [5.41, 5.74) is 2.74. The highest BCUT2D eigenvalue weighted by molar-refractivity contribution is 5.78. The van der Waals surface area contributed by atoms with Gasteiger partial charge in [-0.2, -0.15) is 0 Å². The zero-order valence-electron chi connectivity index (χ0n) is 15.2. The number of ether oxygens (including phenoxy) is 1. The molecule has 0 saturated carbocycles. The zero-order valence-corrected chi connectivity index (χ0v) is 15.2. The molecule has 4 rings (SSSR count). The molecule has 2 saturated heterocycles. The molecular weight excluding hydrogens is 330 g/mol. The number of benzene rings is 1. The van der Waals surface area contributed by atoms with Crippen LogP contribution >= 0.6 is 0 Å². The summed E-state index contributed by atoms with van der Waals surface area (Å²) in [5.74, 6) is 0.580. The van der Waals surface area contributed by atoms with E-state index in [0.29, 0.717) is 64.8 Å². The van der Waals surface area contributed by atoms with E-state index < -0.39 is 0 Å². The monoisotopic (exact) mass is 357 g/mol. The lowest BCUT2D eigenvalue weighted by Crippen LogP contribution is -2.55. The van der Waals surface area contributed by atoms with E-state index in [0.717, 1.165) is 12.8 Å². The summed E-state index contributed by atoms with van der Waals surface area (Å²) in [6.07, 6.45) is 2.74. The first kappa shape index (κ1) is 17.3. The van der Waals surface area contributed by atoms with E-state index in [1.165, 1.54) is 11.1 Å². The Morgan fingerprint density at radius 2 is 1.58 bits per heavy atom. The Hall–Kier alpha value is -2.08. The normalized spacial score (nSPS) is 23.1. The first-order chi connectivity index (χ1) is 12.7. The standard InChI is InChI=1S/C20H27N3O3/c24-19(15-17-6-5-16-3-1-2-4-18(16)17)21-7-9-22(10-8-21)20(25)23-11-13-26-14-12-23/h1-4,17H,5-15H2/t17-/m0/s1. The van der Waals surface area contributed by atoms with Crippen LogP contribution in [0.2, 0.25) is 0 Å². The number of nitrogens with zero attached hydrogens (tertiary/aromatic N) is 3. The molecule has 1 aromatic rings. The molecular formula is C20H27N3O3. The van der Waals surface area contributed by atoms with Crippen molar-refractivity contribution >= 4 is 11.9 Å². The van der Waals surface area contributed by atoms with Crippen molar-refractivity contribution in [3.63, 3.8) is 0 Å². The number of urea groups is 1. The predicted octanol–water partition coefficient (Wildman–Crippen LogP) is 1.70. The van der Waals surface area contributed by atoms with Gasteiger partial charge in [0.2, 0.25) is 5.91 Å². The van der Waals surface area contributed by atoms with Gasteiger partial charge >= 0.3 is 6.03 Å². The lowest BCUT2D eigenvalue weighted by Gasteiger charge is -2.38. The molecule has 0 unspecified atom stereocenters. The summed E-state index contributed by atoms with van der Waals surface area (Å²) in [7, 11) is 0. The molecule has 26 heavy (non-hydrogen) atoms. The molecule has 0 bridgehead atoms. The van der Waals surface area contributed by atoms with Crippen molar-refractivity contribution in [1.82, 2.24) is 14.7 Å². The van der Waals surface area contributed by atoms with Crippen LogP contribution in [-0.2, 0) is 16.0 Å². The molecule has 0 aromatic heterocycles. The van der Waals surface area contributed by atoms with Crippen LogP contribution in [-0.4, -0.2) is 79.1 Å². The van der Waals surface area contributed by atoms with Gasteiger partial charge in [-0.1, -0.05) is 24.3 Å². The first-order valence-electron chi connectivity index (χ1n) is 9.69. The fourth-order valence-corrected chi connectivity index (χ4v) is 4.30. The van der Waals surface area contributed by atoms with Crippen LogP contribution in [0, 0.1) is 0 Å². The SMILES string of the molecule is O=C(C[C@@H]1CCc2ccccc21)N1CCN(C(=O)N2CCOCC2)CC1. The Balaban J connectivity index is 1.28. The molecule has 2 aliphatic heterocycles. The number of carbonyl (C=O) groups is 2. The summed E-state index contributed by atoms with van der Waals surface area (Å²) in [5, 5.41) is 0. The van der Waals surface area contributed by atoms with Crippen molar-refractivity contribution in [3.05, 3.63) is 35.4 Å². The molecule has 0 spiro atoms. The third kappa shape index (κ3) is 3.56. The van der Waals surface area contributed by atoms with Gasteiger partial charge in [0.15, 0.2) is 0 Å². The van der Waals surface area contributed by atoms with Crippen molar-refractivity contribution in [2.24, 2.45) is 0 Å². The highest BCUT2D eigenvalue weighted by Gasteiger charge is 2.30. The van der Waals surface area contributed by atoms with Gasteiger partial charge < -0.3 is 19.4 Å². The number of amides is 3. The smallest absolute Gasteiger partial charge is 0.320 e. The second kappa shape index (κ2) is 7.66. The van der Waals surface area contributed by atoms with Gasteiger partial charge in [0.05, 0.1) is 13.2 Å². The zero-order chi connectivity index (χ0) is 17.9. The maximum Gasteiger partial charge on any atom is 0.320 e. The van der Waals surface area contributed by atoms with Crippen LogP contribution < -0.4 is 0 Å². The van der Waals surface area contributed by atoms with Gasteiger partial charge in [-0.3, -0.25) is 4.79 Å². The Morgan fingerprint density at radius 3 is 2.35 bits per heavy atom. The minimum absolute atomic E-state index is 0.0881. The molecule has 6 nitrogen and oxygen atoms in total. The Morgan fingerprint density at radius 1 is 0.923 bits per heavy atom. The summed E-state index contributed by atoms with van der Waals surface area (Å²) in [6.45, 7) is 5.11. The highest BCUT2D eigenvalue weighted by atomic mass is 16.5. The van der Waals surface area contributed by atoms with Crippen LogP contribution in [0.4, 0.5) is 4.79 Å². The van der Waals surface area contributed by atoms with Gasteiger partial charge in [0, 0.05) is 45.7 Å². The highest BCUT2D eigenvalue weighted by Crippen LogP contribution is 2.35. The minimum Gasteiger partial charge on any atom is -0.378 e. The predicted molar refractivity (Wildman–Crippen MR) is 98.1 cm³/mol. The summed E-state index contributed by atoms with van der Waals surface area (Å²) < 4.78 is 5.31. The van der Waals surface area contributed by atoms with Crippen molar-refractivity contribution in [2.75, 3.05) is 52.5 Å². The van der Waals surface area contributed by atoms with Crippen LogP contribution in [0.15, 0.2) is 24.3 Å². The van der Waals surface area contributed by atoms with E-state index in [-0.39, 0.29) is 11.9 Å². The number of carbonyl (C=O) groups excluding carboxylic acids is 2. The van der Waals surface area contributed by atoms with E-state index >= 15 is 0 Å². The van der Waals surface area contributed by atoms with Gasteiger partial charge in [0.1, 0.15) is 0 Å². The lowest BCUT2D eigenvalue weighted by molar-refractivity contribution is -0.133. The van der Waals surface area contributed by atoms with E-state index in [1.54, 1.807) is 0 Å². The third-order valence-electron chi connectivity index (χ3n) is 5.86. The first-order valence-corrected chi connectivity index (χ1v) is 9.69. The summed E-state index contributed by atoms with van der Waals surface area (Å²) >= 11 is 0. The number of morpholine rings is 1. The van der Waals surface area contributed by atoms with Crippen molar-refractivity contribution in [2.45, 2.75) is 25.2 Å². The fourth-order valence-electron chi connectivity index (χ4n) is 4.30. The number of hydrogen-bond acceptors (Lipinski definition) is 3. The second-order valence-electron chi connectivity index (χ2n) is 7.39. The number of fused-ring (bicyclic) bond motifs is 1. The average Bonchev–Trinajstić information content (AvgIpc) is 3.11. The molecule has 2 heterocycles. The van der Waals surface area contributed by atoms with Gasteiger partial charge in [-0.15, -0.1) is 0 Å². The molecule has 2 fully saturated rings. The second-order valence-corrected chi connectivity index (χ2v) is 7.39. The molecule has 0 radical (unpaired) electrons. The Bertz CT molecular complexity index is 664. The van der Waals surface area contributed by atoms with Crippen molar-refractivity contribution in [1.29, 1.82) is 0 Å². The van der Waals surface area contributed by atoms with Crippen molar-refractivity contribution < 1.29 is 14.3 Å². The van der Waals surface area contributed by atoms with E-state index in [4.69, 9.17) is 4.74 Å². The topological polar surface area (TPSA) is 53.1 Å². The molecule has 1 aromatic carbocycles. The maximum absolute atomic E-state index is 12.7. The van der Waals surface area contributed by atoms with Crippen LogP contribution in [0.1, 0.15) is 29.9 Å². The van der Waals surface area contributed by atoms with Gasteiger partial charge in [-0.25, -0.2) is 4.79 Å². The molecule has 140 valence electrons. The fraction of sp³-hybridized carbons (Fsp3) is 0.600. The number of hydrogen-bond donors (Lipinski definition) is 0. The minimum atomic E-state index is 0.0881. The summed E-state index contributed by atoms with van der Waals surface area (Å²) in [4.78, 5) is 30.9. The van der Waals surface area contributed by atoms with Crippen LogP contribution in [0.3, 0.4) is 0 Å². The quantitative estimate of drug-likeness (QED) is 0.810. The Labute approximate surface area is 154 Å². The Kier molecular flexibility index (Phi) is 5.11. The van der Waals surface area contributed by atoms with Crippen molar-refractivity contribution in [3.8, 4) is 0 Å². The van der Waals surface area contributed by atoms with Crippen LogP contribution in [0.5, 0.6) is 0 Å². The largest absolute Gasteiger partial charge is 0.378 e. The molecule has 3 amide bonds. The summed E-state index contributed by atoms with van der Waals surface area (Å²) in [6, 6.07) is 8.57. The molecule has 0 N–H and O–H groups in total. The van der Waals surface area contributed by atoms with Crippen LogP contribution in [0.25, 0.3) is 0 Å². The molecule has 6 heteroatoms. The van der Waals surface area contributed by atoms with E-state index in [2.05, 4.69) is 24.3 Å². The molecule has 1 aliphatic carbocycles. The molecule has 1 atom stereocenters.